The largest absolute Gasteiger partial charge is 0.492 e. The molecule has 0 unspecified atom stereocenters. The number of ether oxygens (including phenoxy) is 1. The summed E-state index contributed by atoms with van der Waals surface area (Å²) in [5.74, 6) is 0.379. The summed E-state index contributed by atoms with van der Waals surface area (Å²) in [5, 5.41) is 11.1. The van der Waals surface area contributed by atoms with Crippen molar-refractivity contribution in [2.24, 2.45) is 0 Å². The summed E-state index contributed by atoms with van der Waals surface area (Å²) in [5.41, 5.74) is 0.192. The fourth-order valence-electron chi connectivity index (χ4n) is 2.06. The predicted octanol–water partition coefficient (Wildman–Crippen LogP) is 3.76. The van der Waals surface area contributed by atoms with Gasteiger partial charge in [-0.3, -0.25) is 14.8 Å². The van der Waals surface area contributed by atoms with Crippen molar-refractivity contribution in [3.8, 4) is 5.75 Å². The van der Waals surface area contributed by atoms with Crippen LogP contribution in [0.25, 0.3) is 0 Å². The number of hydrogen-bond donors (Lipinski definition) is 1. The predicted molar refractivity (Wildman–Crippen MR) is 91.3 cm³/mol. The number of halogens is 1. The molecule has 0 spiro atoms. The van der Waals surface area contributed by atoms with E-state index in [1.54, 1.807) is 6.92 Å². The van der Waals surface area contributed by atoms with Crippen LogP contribution in [0.3, 0.4) is 0 Å². The summed E-state index contributed by atoms with van der Waals surface area (Å²) in [6, 6.07) is 8.25. The van der Waals surface area contributed by atoms with E-state index in [1.165, 1.54) is 43.3 Å². The SMILES string of the molecule is CCOc1ccc(S(=O)(=O)Nc2cccc([N+](=O)[O-])c2C)cc1Cl. The first-order chi connectivity index (χ1) is 11.3. The Balaban J connectivity index is 2.37. The third kappa shape index (κ3) is 3.77. The van der Waals surface area contributed by atoms with Crippen molar-refractivity contribution in [2.75, 3.05) is 11.3 Å². The summed E-state index contributed by atoms with van der Waals surface area (Å²) in [7, 11) is -3.95. The molecule has 9 heteroatoms. The van der Waals surface area contributed by atoms with Crippen molar-refractivity contribution >= 4 is 33.0 Å². The van der Waals surface area contributed by atoms with Crippen LogP contribution < -0.4 is 9.46 Å². The number of nitrogens with zero attached hydrogens (tertiary/aromatic N) is 1. The molecular weight excluding hydrogens is 356 g/mol. The number of benzene rings is 2. The highest BCUT2D eigenvalue weighted by Gasteiger charge is 2.20. The Hall–Kier alpha value is -2.32. The minimum absolute atomic E-state index is 0.0677. The number of sulfonamides is 1. The average molecular weight is 371 g/mol. The minimum Gasteiger partial charge on any atom is -0.492 e. The molecule has 0 radical (unpaired) electrons. The lowest BCUT2D eigenvalue weighted by atomic mass is 10.2. The van der Waals surface area contributed by atoms with Crippen LogP contribution in [0.15, 0.2) is 41.3 Å². The van der Waals surface area contributed by atoms with Gasteiger partial charge < -0.3 is 4.74 Å². The number of rotatable bonds is 6. The van der Waals surface area contributed by atoms with Gasteiger partial charge in [0, 0.05) is 6.07 Å². The lowest BCUT2D eigenvalue weighted by Crippen LogP contribution is -2.14. The summed E-state index contributed by atoms with van der Waals surface area (Å²) < 4.78 is 32.6. The Morgan fingerprint density at radius 1 is 1.29 bits per heavy atom. The van der Waals surface area contributed by atoms with E-state index in [9.17, 15) is 18.5 Å². The maximum atomic E-state index is 12.5. The molecule has 0 heterocycles. The molecule has 0 saturated carbocycles. The average Bonchev–Trinajstić information content (AvgIpc) is 2.51. The summed E-state index contributed by atoms with van der Waals surface area (Å²) in [4.78, 5) is 10.3. The first kappa shape index (κ1) is 18.0. The summed E-state index contributed by atoms with van der Waals surface area (Å²) >= 11 is 6.01. The quantitative estimate of drug-likeness (QED) is 0.616. The van der Waals surface area contributed by atoms with Crippen LogP contribution in [0, 0.1) is 17.0 Å². The molecule has 0 amide bonds. The number of nitro groups is 1. The number of nitro benzene ring substituents is 1. The van der Waals surface area contributed by atoms with Gasteiger partial charge >= 0.3 is 0 Å². The van der Waals surface area contributed by atoms with E-state index in [1.807, 2.05) is 0 Å². The van der Waals surface area contributed by atoms with E-state index in [2.05, 4.69) is 4.72 Å². The van der Waals surface area contributed by atoms with Crippen molar-refractivity contribution in [3.05, 3.63) is 57.1 Å². The molecule has 2 aromatic carbocycles. The number of hydrogen-bond acceptors (Lipinski definition) is 5. The maximum absolute atomic E-state index is 12.5. The monoisotopic (exact) mass is 370 g/mol. The van der Waals surface area contributed by atoms with Gasteiger partial charge in [0.1, 0.15) is 5.75 Å². The normalized spacial score (nSPS) is 11.1. The van der Waals surface area contributed by atoms with Crippen LogP contribution in [-0.2, 0) is 10.0 Å². The van der Waals surface area contributed by atoms with Gasteiger partial charge in [0.15, 0.2) is 0 Å². The molecule has 24 heavy (non-hydrogen) atoms. The second-order valence-corrected chi connectivity index (χ2v) is 6.93. The standard InChI is InChI=1S/C15H15ClN2O5S/c1-3-23-15-8-7-11(9-12(15)16)24(21,22)17-13-5-4-6-14(10(13)2)18(19)20/h4-9,17H,3H2,1-2H3. The van der Waals surface area contributed by atoms with Gasteiger partial charge in [-0.15, -0.1) is 0 Å². The van der Waals surface area contributed by atoms with Crippen molar-refractivity contribution in [3.63, 3.8) is 0 Å². The Morgan fingerprint density at radius 3 is 2.58 bits per heavy atom. The maximum Gasteiger partial charge on any atom is 0.274 e. The molecule has 2 rings (SSSR count). The van der Waals surface area contributed by atoms with Crippen molar-refractivity contribution in [1.82, 2.24) is 0 Å². The lowest BCUT2D eigenvalue weighted by molar-refractivity contribution is -0.385. The fraction of sp³-hybridized carbons (Fsp3) is 0.200. The third-order valence-electron chi connectivity index (χ3n) is 3.26. The van der Waals surface area contributed by atoms with Crippen molar-refractivity contribution < 1.29 is 18.1 Å². The molecule has 0 aliphatic rings. The summed E-state index contributed by atoms with van der Waals surface area (Å²) in [6.45, 7) is 3.66. The Bertz CT molecular complexity index is 883. The number of anilines is 1. The zero-order chi connectivity index (χ0) is 17.9. The van der Waals surface area contributed by atoms with Crippen LogP contribution in [0.2, 0.25) is 5.02 Å². The lowest BCUT2D eigenvalue weighted by Gasteiger charge is -2.12. The van der Waals surface area contributed by atoms with E-state index in [4.69, 9.17) is 16.3 Å². The smallest absolute Gasteiger partial charge is 0.274 e. The van der Waals surface area contributed by atoms with Gasteiger partial charge in [0.2, 0.25) is 0 Å². The van der Waals surface area contributed by atoms with Gasteiger partial charge in [-0.05, 0) is 38.1 Å². The van der Waals surface area contributed by atoms with Crippen LogP contribution in [0.4, 0.5) is 11.4 Å². The second kappa shape index (κ2) is 7.06. The van der Waals surface area contributed by atoms with E-state index >= 15 is 0 Å². The molecule has 0 aromatic heterocycles. The van der Waals surface area contributed by atoms with Gasteiger partial charge in [-0.2, -0.15) is 0 Å². The summed E-state index contributed by atoms with van der Waals surface area (Å²) in [6.07, 6.45) is 0. The molecule has 1 N–H and O–H groups in total. The topological polar surface area (TPSA) is 98.5 Å². The molecule has 0 bridgehead atoms. The zero-order valence-electron chi connectivity index (χ0n) is 12.9. The molecule has 2 aromatic rings. The highest BCUT2D eigenvalue weighted by Crippen LogP contribution is 2.30. The first-order valence-electron chi connectivity index (χ1n) is 6.95. The van der Waals surface area contributed by atoms with Crippen molar-refractivity contribution in [1.29, 1.82) is 0 Å². The molecular formula is C15H15ClN2O5S. The van der Waals surface area contributed by atoms with Crippen molar-refractivity contribution in [2.45, 2.75) is 18.7 Å². The molecule has 0 aliphatic heterocycles. The second-order valence-electron chi connectivity index (χ2n) is 4.84. The minimum atomic E-state index is -3.95. The van der Waals surface area contributed by atoms with Crippen LogP contribution >= 0.6 is 11.6 Å². The highest BCUT2D eigenvalue weighted by atomic mass is 35.5. The highest BCUT2D eigenvalue weighted by molar-refractivity contribution is 7.92. The molecule has 0 aliphatic carbocycles. The first-order valence-corrected chi connectivity index (χ1v) is 8.81. The van der Waals surface area contributed by atoms with E-state index in [0.717, 1.165) is 0 Å². The van der Waals surface area contributed by atoms with Gasteiger partial charge in [-0.1, -0.05) is 17.7 Å². The van der Waals surface area contributed by atoms with E-state index in [-0.39, 0.29) is 26.9 Å². The van der Waals surface area contributed by atoms with Crippen LogP contribution in [0.5, 0.6) is 5.75 Å². The molecule has 0 atom stereocenters. The van der Waals surface area contributed by atoms with E-state index in [0.29, 0.717) is 12.4 Å². The van der Waals surface area contributed by atoms with Crippen LogP contribution in [-0.4, -0.2) is 19.9 Å². The fourth-order valence-corrected chi connectivity index (χ4v) is 3.51. The van der Waals surface area contributed by atoms with Gasteiger partial charge in [0.25, 0.3) is 15.7 Å². The Kier molecular flexibility index (Phi) is 5.30. The third-order valence-corrected chi connectivity index (χ3v) is 4.92. The molecule has 128 valence electrons. The van der Waals surface area contributed by atoms with Gasteiger partial charge in [0.05, 0.1) is 32.7 Å². The van der Waals surface area contributed by atoms with Crippen LogP contribution in [0.1, 0.15) is 12.5 Å². The molecule has 7 nitrogen and oxygen atoms in total. The zero-order valence-corrected chi connectivity index (χ0v) is 14.5. The Morgan fingerprint density at radius 2 is 2.00 bits per heavy atom. The molecule has 0 saturated heterocycles. The van der Waals surface area contributed by atoms with Gasteiger partial charge in [-0.25, -0.2) is 8.42 Å². The number of nitrogens with one attached hydrogen (secondary N) is 1. The Labute approximate surface area is 144 Å². The molecule has 0 fully saturated rings. The van der Waals surface area contributed by atoms with E-state index < -0.39 is 14.9 Å².